The van der Waals surface area contributed by atoms with Gasteiger partial charge in [-0.2, -0.15) is 4.98 Å². The number of non-ortho nitro benzene ring substituents is 1. The number of hydrogen-bond acceptors (Lipinski definition) is 6. The molecular weight excluding hydrogens is 358 g/mol. The maximum absolute atomic E-state index is 12.5. The first-order chi connectivity index (χ1) is 11.3. The summed E-state index contributed by atoms with van der Waals surface area (Å²) in [6, 6.07) is 7.18. The zero-order valence-corrected chi connectivity index (χ0v) is 13.7. The predicted molar refractivity (Wildman–Crippen MR) is 86.6 cm³/mol. The Morgan fingerprint density at radius 2 is 2.08 bits per heavy atom. The summed E-state index contributed by atoms with van der Waals surface area (Å²) in [5.41, 5.74) is 0.339. The summed E-state index contributed by atoms with van der Waals surface area (Å²) in [6.07, 6.45) is 1.60. The molecule has 1 aromatic carbocycles. The van der Waals surface area contributed by atoms with E-state index in [-0.39, 0.29) is 22.2 Å². The molecule has 0 atom stereocenters. The molecule has 9 nitrogen and oxygen atoms in total. The maximum Gasteiger partial charge on any atom is 0.271 e. The van der Waals surface area contributed by atoms with Gasteiger partial charge in [0.05, 0.1) is 9.95 Å². The molecule has 0 bridgehead atoms. The first-order valence-corrected chi connectivity index (χ1v) is 8.43. The van der Waals surface area contributed by atoms with E-state index in [2.05, 4.69) is 14.8 Å². The summed E-state index contributed by atoms with van der Waals surface area (Å²) in [5.74, 6) is -0.165. The van der Waals surface area contributed by atoms with Crippen LogP contribution < -0.4 is 4.72 Å². The molecule has 0 saturated heterocycles. The van der Waals surface area contributed by atoms with Crippen LogP contribution in [0.3, 0.4) is 0 Å². The number of sulfonamides is 1. The zero-order valence-electron chi connectivity index (χ0n) is 12.2. The molecule has 1 N–H and O–H groups in total. The van der Waals surface area contributed by atoms with Crippen molar-refractivity contribution in [2.24, 2.45) is 0 Å². The molecule has 3 aromatic rings. The Hall–Kier alpha value is -2.72. The Morgan fingerprint density at radius 1 is 1.33 bits per heavy atom. The Kier molecular flexibility index (Phi) is 3.85. The van der Waals surface area contributed by atoms with Crippen LogP contribution in [-0.2, 0) is 10.0 Å². The molecule has 0 unspecified atom stereocenters. The summed E-state index contributed by atoms with van der Waals surface area (Å²) >= 11 is 6.01. The standard InChI is InChI=1S/C13H10ClN5O4S/c1-8-6-9(19(20)21)7-10(12(8)14)24(22,23)17-13-15-11-4-2-3-5-18(11)16-13/h2-7H,1H3,(H,16,17). The summed E-state index contributed by atoms with van der Waals surface area (Å²) in [5, 5.41) is 14.8. The molecule has 11 heteroatoms. The van der Waals surface area contributed by atoms with Gasteiger partial charge in [-0.1, -0.05) is 17.7 Å². The number of anilines is 1. The molecule has 0 saturated carbocycles. The van der Waals surface area contributed by atoms with Gasteiger partial charge in [0, 0.05) is 18.3 Å². The number of aryl methyl sites for hydroxylation is 1. The molecule has 2 aromatic heterocycles. The van der Waals surface area contributed by atoms with Gasteiger partial charge < -0.3 is 0 Å². The van der Waals surface area contributed by atoms with E-state index < -0.39 is 19.8 Å². The third-order valence-electron chi connectivity index (χ3n) is 3.17. The fraction of sp³-hybridized carbons (Fsp3) is 0.0769. The highest BCUT2D eigenvalue weighted by atomic mass is 35.5. The molecule has 0 aliphatic rings. The van der Waals surface area contributed by atoms with E-state index in [0.29, 0.717) is 5.65 Å². The molecular formula is C13H10ClN5O4S. The molecule has 0 spiro atoms. The van der Waals surface area contributed by atoms with Gasteiger partial charge in [0.2, 0.25) is 0 Å². The van der Waals surface area contributed by atoms with Crippen LogP contribution in [0.1, 0.15) is 5.56 Å². The molecule has 0 aliphatic heterocycles. The van der Waals surface area contributed by atoms with Crippen LogP contribution in [0, 0.1) is 17.0 Å². The van der Waals surface area contributed by atoms with Gasteiger partial charge in [0.25, 0.3) is 21.7 Å². The van der Waals surface area contributed by atoms with E-state index in [1.54, 1.807) is 24.4 Å². The van der Waals surface area contributed by atoms with Crippen molar-refractivity contribution in [3.63, 3.8) is 0 Å². The van der Waals surface area contributed by atoms with E-state index in [1.807, 2.05) is 0 Å². The van der Waals surface area contributed by atoms with Crippen LogP contribution in [0.4, 0.5) is 11.6 Å². The minimum atomic E-state index is -4.19. The van der Waals surface area contributed by atoms with Gasteiger partial charge in [-0.25, -0.2) is 17.7 Å². The second kappa shape index (κ2) is 5.73. The van der Waals surface area contributed by atoms with Gasteiger partial charge in [-0.3, -0.25) is 10.1 Å². The number of nitro benzene ring substituents is 1. The Labute approximate surface area is 141 Å². The number of nitro groups is 1. The lowest BCUT2D eigenvalue weighted by atomic mass is 10.2. The Morgan fingerprint density at radius 3 is 2.75 bits per heavy atom. The van der Waals surface area contributed by atoms with Crippen molar-refractivity contribution in [1.82, 2.24) is 14.6 Å². The van der Waals surface area contributed by atoms with E-state index >= 15 is 0 Å². The van der Waals surface area contributed by atoms with E-state index in [0.717, 1.165) is 6.07 Å². The number of hydrogen-bond donors (Lipinski definition) is 1. The second-order valence-corrected chi connectivity index (χ2v) is 6.91. The minimum Gasteiger partial charge on any atom is -0.258 e. The van der Waals surface area contributed by atoms with Crippen molar-refractivity contribution in [2.45, 2.75) is 11.8 Å². The fourth-order valence-corrected chi connectivity index (χ4v) is 3.59. The van der Waals surface area contributed by atoms with Gasteiger partial charge in [-0.15, -0.1) is 5.10 Å². The average Bonchev–Trinajstić information content (AvgIpc) is 2.90. The molecule has 0 aliphatic carbocycles. The molecule has 2 heterocycles. The molecule has 3 rings (SSSR count). The van der Waals surface area contributed by atoms with Gasteiger partial charge in [0.15, 0.2) is 5.65 Å². The first-order valence-electron chi connectivity index (χ1n) is 6.57. The van der Waals surface area contributed by atoms with E-state index in [1.165, 1.54) is 17.5 Å². The number of pyridine rings is 1. The highest BCUT2D eigenvalue weighted by molar-refractivity contribution is 7.92. The smallest absolute Gasteiger partial charge is 0.258 e. The fourth-order valence-electron chi connectivity index (χ4n) is 2.07. The minimum absolute atomic E-state index is 0.100. The van der Waals surface area contributed by atoms with E-state index in [4.69, 9.17) is 11.6 Å². The third-order valence-corrected chi connectivity index (χ3v) is 5.14. The molecule has 0 amide bonds. The summed E-state index contributed by atoms with van der Waals surface area (Å²) in [7, 11) is -4.19. The highest BCUT2D eigenvalue weighted by Gasteiger charge is 2.25. The number of aromatic nitrogens is 3. The average molecular weight is 368 g/mol. The number of halogens is 1. The molecule has 124 valence electrons. The normalized spacial score (nSPS) is 11.6. The van der Waals surface area contributed by atoms with Crippen molar-refractivity contribution in [1.29, 1.82) is 0 Å². The van der Waals surface area contributed by atoms with Crippen molar-refractivity contribution in [3.05, 3.63) is 57.2 Å². The van der Waals surface area contributed by atoms with Crippen LogP contribution in [0.25, 0.3) is 5.65 Å². The van der Waals surface area contributed by atoms with Crippen LogP contribution >= 0.6 is 11.6 Å². The summed E-state index contributed by atoms with van der Waals surface area (Å²) in [4.78, 5) is 13.9. The summed E-state index contributed by atoms with van der Waals surface area (Å²) < 4.78 is 28.6. The monoisotopic (exact) mass is 367 g/mol. The lowest BCUT2D eigenvalue weighted by Gasteiger charge is -2.08. The van der Waals surface area contributed by atoms with Crippen molar-refractivity contribution >= 4 is 38.9 Å². The number of nitrogens with zero attached hydrogens (tertiary/aromatic N) is 4. The SMILES string of the molecule is Cc1cc([N+](=O)[O-])cc(S(=O)(=O)Nc2nc3ccccn3n2)c1Cl. The van der Waals surface area contributed by atoms with Gasteiger partial charge >= 0.3 is 0 Å². The molecule has 0 radical (unpaired) electrons. The van der Waals surface area contributed by atoms with Crippen molar-refractivity contribution in [2.75, 3.05) is 4.72 Å². The number of fused-ring (bicyclic) bond motifs is 1. The zero-order chi connectivity index (χ0) is 17.5. The van der Waals surface area contributed by atoms with Gasteiger partial charge in [0.1, 0.15) is 4.90 Å². The Balaban J connectivity index is 2.05. The number of rotatable bonds is 4. The topological polar surface area (TPSA) is 120 Å². The quantitative estimate of drug-likeness (QED) is 0.558. The highest BCUT2D eigenvalue weighted by Crippen LogP contribution is 2.30. The molecule has 24 heavy (non-hydrogen) atoms. The van der Waals surface area contributed by atoms with Gasteiger partial charge in [-0.05, 0) is 24.6 Å². The van der Waals surface area contributed by atoms with Crippen LogP contribution in [-0.4, -0.2) is 27.9 Å². The third kappa shape index (κ3) is 2.88. The van der Waals surface area contributed by atoms with Crippen LogP contribution in [0.15, 0.2) is 41.4 Å². The lowest BCUT2D eigenvalue weighted by Crippen LogP contribution is -2.15. The second-order valence-electron chi connectivity index (χ2n) is 4.88. The first kappa shape index (κ1) is 16.1. The molecule has 0 fully saturated rings. The van der Waals surface area contributed by atoms with Crippen molar-refractivity contribution < 1.29 is 13.3 Å². The number of nitrogens with one attached hydrogen (secondary N) is 1. The van der Waals surface area contributed by atoms with Crippen LogP contribution in [0.2, 0.25) is 5.02 Å². The largest absolute Gasteiger partial charge is 0.271 e. The maximum atomic E-state index is 12.5. The lowest BCUT2D eigenvalue weighted by molar-refractivity contribution is -0.385. The predicted octanol–water partition coefficient (Wildman–Crippen LogP) is 2.40. The Bertz CT molecular complexity index is 1030. The van der Waals surface area contributed by atoms with Crippen molar-refractivity contribution in [3.8, 4) is 0 Å². The van der Waals surface area contributed by atoms with E-state index in [9.17, 15) is 18.5 Å². The summed E-state index contributed by atoms with van der Waals surface area (Å²) in [6.45, 7) is 1.48. The van der Waals surface area contributed by atoms with Crippen LogP contribution in [0.5, 0.6) is 0 Å². The number of benzene rings is 1.